The third-order valence-corrected chi connectivity index (χ3v) is 8.13. The van der Waals surface area contributed by atoms with E-state index in [4.69, 9.17) is 0 Å². The molecule has 1 heterocycles. The number of carbonyl (C=O) groups excluding carboxylic acids is 2. The smallest absolute Gasteiger partial charge is 0.255 e. The molecule has 0 radical (unpaired) electrons. The molecule has 0 spiro atoms. The van der Waals surface area contributed by atoms with Crippen LogP contribution in [0.25, 0.3) is 0 Å². The molecule has 38 heavy (non-hydrogen) atoms. The Balaban J connectivity index is 1.38. The highest BCUT2D eigenvalue weighted by molar-refractivity contribution is 7.89. The molecule has 9 heteroatoms. The molecule has 0 bridgehead atoms. The van der Waals surface area contributed by atoms with Gasteiger partial charge in [0.05, 0.1) is 16.1 Å². The van der Waals surface area contributed by atoms with Crippen LogP contribution in [0.2, 0.25) is 0 Å². The quantitative estimate of drug-likeness (QED) is 0.478. The summed E-state index contributed by atoms with van der Waals surface area (Å²) in [5.41, 5.74) is 1.88. The summed E-state index contributed by atoms with van der Waals surface area (Å²) in [7, 11) is -3.50. The highest BCUT2D eigenvalue weighted by atomic mass is 32.2. The molecule has 2 amide bonds. The molecule has 0 aliphatic carbocycles. The normalized spacial score (nSPS) is 15.1. The lowest BCUT2D eigenvalue weighted by Gasteiger charge is -2.34. The van der Waals surface area contributed by atoms with Crippen molar-refractivity contribution in [2.45, 2.75) is 37.8 Å². The predicted molar refractivity (Wildman–Crippen MR) is 149 cm³/mol. The first-order valence-corrected chi connectivity index (χ1v) is 14.1. The maximum Gasteiger partial charge on any atom is 0.255 e. The van der Waals surface area contributed by atoms with Gasteiger partial charge in [0.25, 0.3) is 11.8 Å². The molecule has 0 aromatic heterocycles. The van der Waals surface area contributed by atoms with Crippen LogP contribution in [0.15, 0.2) is 83.8 Å². The monoisotopic (exact) mass is 534 g/mol. The van der Waals surface area contributed by atoms with Crippen molar-refractivity contribution in [1.29, 1.82) is 0 Å². The average Bonchev–Trinajstić information content (AvgIpc) is 2.89. The number of anilines is 1. The molecule has 0 saturated carbocycles. The number of nitrogens with one attached hydrogen (secondary N) is 2. The molecule has 0 atom stereocenters. The second kappa shape index (κ2) is 11.5. The molecule has 1 fully saturated rings. The number of rotatable bonds is 7. The summed E-state index contributed by atoms with van der Waals surface area (Å²) in [6, 6.07) is 22.8. The van der Waals surface area contributed by atoms with Crippen LogP contribution in [0.1, 0.15) is 47.1 Å². The lowest BCUT2D eigenvalue weighted by Crippen LogP contribution is -2.48. The number of amides is 2. The number of nitrogens with zero attached hydrogens (tertiary/aromatic N) is 2. The number of hydrogen-bond donors (Lipinski definition) is 2. The van der Waals surface area contributed by atoms with Crippen molar-refractivity contribution in [2.24, 2.45) is 0 Å². The minimum atomic E-state index is -3.50. The van der Waals surface area contributed by atoms with Crippen LogP contribution in [0.5, 0.6) is 0 Å². The molecular weight excluding hydrogens is 500 g/mol. The van der Waals surface area contributed by atoms with Gasteiger partial charge in [-0.25, -0.2) is 8.42 Å². The Labute approximate surface area is 224 Å². The molecule has 1 aliphatic rings. The molecule has 3 aromatic rings. The molecule has 3 aromatic carbocycles. The number of hydrogen-bond acceptors (Lipinski definition) is 5. The Bertz CT molecular complexity index is 1390. The first-order chi connectivity index (χ1) is 18.0. The zero-order valence-electron chi connectivity index (χ0n) is 22.0. The van der Waals surface area contributed by atoms with Gasteiger partial charge >= 0.3 is 0 Å². The first kappa shape index (κ1) is 27.5. The van der Waals surface area contributed by atoms with E-state index in [1.165, 1.54) is 4.31 Å². The van der Waals surface area contributed by atoms with Gasteiger partial charge in [-0.3, -0.25) is 14.5 Å². The maximum absolute atomic E-state index is 13.1. The van der Waals surface area contributed by atoms with Gasteiger partial charge < -0.3 is 10.6 Å². The standard InChI is InChI=1S/C29H34N4O4S/c1-29(2,3)31-28(35)25-14-7-8-15-26(25)30-27(34)23-11-9-10-22(20-23)21-32-16-18-33(19-17-32)38(36,37)24-12-5-4-6-13-24/h4-15,20H,16-19,21H2,1-3H3,(H,30,34)(H,31,35). The van der Waals surface area contributed by atoms with E-state index >= 15 is 0 Å². The van der Waals surface area contributed by atoms with Gasteiger partial charge in [0.2, 0.25) is 10.0 Å². The van der Waals surface area contributed by atoms with E-state index in [9.17, 15) is 18.0 Å². The van der Waals surface area contributed by atoms with E-state index in [0.717, 1.165) is 5.56 Å². The lowest BCUT2D eigenvalue weighted by molar-refractivity contribution is 0.0920. The lowest BCUT2D eigenvalue weighted by atomic mass is 10.1. The van der Waals surface area contributed by atoms with Gasteiger partial charge in [0, 0.05) is 43.8 Å². The van der Waals surface area contributed by atoms with Crippen molar-refractivity contribution < 1.29 is 18.0 Å². The number of carbonyl (C=O) groups is 2. The highest BCUT2D eigenvalue weighted by Gasteiger charge is 2.28. The highest BCUT2D eigenvalue weighted by Crippen LogP contribution is 2.20. The predicted octanol–water partition coefficient (Wildman–Crippen LogP) is 3.97. The van der Waals surface area contributed by atoms with Gasteiger partial charge in [0.1, 0.15) is 0 Å². The van der Waals surface area contributed by atoms with Gasteiger partial charge in [-0.1, -0.05) is 42.5 Å². The Hall–Kier alpha value is -3.53. The number of benzene rings is 3. The number of piperazine rings is 1. The zero-order valence-corrected chi connectivity index (χ0v) is 22.8. The molecule has 200 valence electrons. The van der Waals surface area contributed by atoms with Gasteiger partial charge in [-0.05, 0) is 62.7 Å². The van der Waals surface area contributed by atoms with E-state index in [-0.39, 0.29) is 11.8 Å². The average molecular weight is 535 g/mol. The van der Waals surface area contributed by atoms with Crippen LogP contribution in [0, 0.1) is 0 Å². The molecule has 1 saturated heterocycles. The van der Waals surface area contributed by atoms with Crippen molar-refractivity contribution in [1.82, 2.24) is 14.5 Å². The summed E-state index contributed by atoms with van der Waals surface area (Å²) in [5.74, 6) is -0.558. The minimum absolute atomic E-state index is 0.254. The molecule has 2 N–H and O–H groups in total. The largest absolute Gasteiger partial charge is 0.347 e. The summed E-state index contributed by atoms with van der Waals surface area (Å²) in [4.78, 5) is 28.3. The van der Waals surface area contributed by atoms with Crippen molar-refractivity contribution in [3.05, 3.63) is 95.6 Å². The minimum Gasteiger partial charge on any atom is -0.347 e. The topological polar surface area (TPSA) is 98.8 Å². The van der Waals surface area contributed by atoms with Crippen molar-refractivity contribution in [3.63, 3.8) is 0 Å². The summed E-state index contributed by atoms with van der Waals surface area (Å²) >= 11 is 0. The van der Waals surface area contributed by atoms with Crippen LogP contribution < -0.4 is 10.6 Å². The summed E-state index contributed by atoms with van der Waals surface area (Å²) in [6.07, 6.45) is 0. The van der Waals surface area contributed by atoms with Crippen molar-refractivity contribution in [2.75, 3.05) is 31.5 Å². The fourth-order valence-electron chi connectivity index (χ4n) is 4.33. The molecule has 0 unspecified atom stereocenters. The van der Waals surface area contributed by atoms with Crippen LogP contribution >= 0.6 is 0 Å². The summed E-state index contributed by atoms with van der Waals surface area (Å²) in [6.45, 7) is 8.32. The summed E-state index contributed by atoms with van der Waals surface area (Å²) in [5, 5.41) is 5.80. The van der Waals surface area contributed by atoms with Gasteiger partial charge in [-0.15, -0.1) is 0 Å². The van der Waals surface area contributed by atoms with Crippen LogP contribution in [-0.4, -0.2) is 61.2 Å². The van der Waals surface area contributed by atoms with E-state index in [2.05, 4.69) is 15.5 Å². The van der Waals surface area contributed by atoms with E-state index in [0.29, 0.717) is 54.4 Å². The Morgan fingerprint density at radius 2 is 1.47 bits per heavy atom. The molecular formula is C29H34N4O4S. The second-order valence-corrected chi connectivity index (χ2v) is 12.3. The van der Waals surface area contributed by atoms with Gasteiger partial charge in [-0.2, -0.15) is 4.31 Å². The van der Waals surface area contributed by atoms with E-state index in [1.807, 2.05) is 39.0 Å². The summed E-state index contributed by atoms with van der Waals surface area (Å²) < 4.78 is 27.3. The first-order valence-electron chi connectivity index (χ1n) is 12.6. The van der Waals surface area contributed by atoms with E-state index < -0.39 is 15.6 Å². The SMILES string of the molecule is CC(C)(C)NC(=O)c1ccccc1NC(=O)c1cccc(CN2CCN(S(=O)(=O)c3ccccc3)CC2)c1. The third kappa shape index (κ3) is 6.86. The van der Waals surface area contributed by atoms with Crippen molar-refractivity contribution >= 4 is 27.5 Å². The molecule has 8 nitrogen and oxygen atoms in total. The second-order valence-electron chi connectivity index (χ2n) is 10.4. The van der Waals surface area contributed by atoms with Crippen LogP contribution in [-0.2, 0) is 16.6 Å². The van der Waals surface area contributed by atoms with Crippen molar-refractivity contribution in [3.8, 4) is 0 Å². The van der Waals surface area contributed by atoms with Crippen LogP contribution in [0.3, 0.4) is 0 Å². The molecule has 1 aliphatic heterocycles. The number of para-hydroxylation sites is 1. The zero-order chi connectivity index (χ0) is 27.3. The number of sulfonamides is 1. The third-order valence-electron chi connectivity index (χ3n) is 6.22. The van der Waals surface area contributed by atoms with E-state index in [1.54, 1.807) is 60.7 Å². The Morgan fingerprint density at radius 1 is 0.816 bits per heavy atom. The Kier molecular flexibility index (Phi) is 8.30. The molecule has 4 rings (SSSR count). The van der Waals surface area contributed by atoms with Crippen LogP contribution in [0.4, 0.5) is 5.69 Å². The van der Waals surface area contributed by atoms with Gasteiger partial charge in [0.15, 0.2) is 0 Å². The fourth-order valence-corrected chi connectivity index (χ4v) is 5.77. The Morgan fingerprint density at radius 3 is 2.16 bits per heavy atom. The maximum atomic E-state index is 13.1. The fraction of sp³-hybridized carbons (Fsp3) is 0.310.